The van der Waals surface area contributed by atoms with Crippen molar-refractivity contribution in [2.75, 3.05) is 39.4 Å². The molecule has 2 N–H and O–H groups in total. The third kappa shape index (κ3) is 6.33. The lowest BCUT2D eigenvalue weighted by atomic mass is 10.1. The molecule has 1 aliphatic heterocycles. The summed E-state index contributed by atoms with van der Waals surface area (Å²) >= 11 is 0. The molecule has 0 aromatic carbocycles. The van der Waals surface area contributed by atoms with E-state index in [0.29, 0.717) is 19.6 Å². The molecule has 0 bridgehead atoms. The average molecular weight is 258 g/mol. The van der Waals surface area contributed by atoms with E-state index in [1.54, 1.807) is 0 Å². The number of rotatable bonds is 8. The standard InChI is InChI=1S/C13H26N2O3/c1-2-17-13(16)6-4-3-5-7-15-8-9-18-12(10-14)11-15/h12H,2-11,14H2,1H3. The Hall–Kier alpha value is -0.650. The number of carbonyl (C=O) groups excluding carboxylic acids is 1. The second-order valence-electron chi connectivity index (χ2n) is 4.64. The number of nitrogens with two attached hydrogens (primary N) is 1. The highest BCUT2D eigenvalue weighted by Crippen LogP contribution is 2.07. The summed E-state index contributed by atoms with van der Waals surface area (Å²) in [6, 6.07) is 0. The van der Waals surface area contributed by atoms with Crippen LogP contribution in [0.15, 0.2) is 0 Å². The smallest absolute Gasteiger partial charge is 0.305 e. The van der Waals surface area contributed by atoms with Gasteiger partial charge in [-0.15, -0.1) is 0 Å². The lowest BCUT2D eigenvalue weighted by Crippen LogP contribution is -2.45. The van der Waals surface area contributed by atoms with E-state index in [1.165, 1.54) is 0 Å². The number of ether oxygens (including phenoxy) is 2. The Morgan fingerprint density at radius 3 is 3.00 bits per heavy atom. The summed E-state index contributed by atoms with van der Waals surface area (Å²) in [6.07, 6.45) is 3.85. The van der Waals surface area contributed by atoms with E-state index >= 15 is 0 Å². The summed E-state index contributed by atoms with van der Waals surface area (Å²) in [5.41, 5.74) is 5.60. The van der Waals surface area contributed by atoms with Gasteiger partial charge in [-0.25, -0.2) is 0 Å². The third-order valence-electron chi connectivity index (χ3n) is 3.15. The van der Waals surface area contributed by atoms with Crippen molar-refractivity contribution in [2.45, 2.75) is 38.7 Å². The molecule has 5 heteroatoms. The molecule has 18 heavy (non-hydrogen) atoms. The predicted octanol–water partition coefficient (Wildman–Crippen LogP) is 0.769. The fourth-order valence-electron chi connectivity index (χ4n) is 2.14. The van der Waals surface area contributed by atoms with Crippen molar-refractivity contribution < 1.29 is 14.3 Å². The van der Waals surface area contributed by atoms with Gasteiger partial charge in [0, 0.05) is 26.1 Å². The minimum Gasteiger partial charge on any atom is -0.466 e. The highest BCUT2D eigenvalue weighted by Gasteiger charge is 2.18. The summed E-state index contributed by atoms with van der Waals surface area (Å²) in [5.74, 6) is -0.0768. The zero-order chi connectivity index (χ0) is 13.2. The molecule has 5 nitrogen and oxygen atoms in total. The molecule has 0 spiro atoms. The normalized spacial score (nSPS) is 20.9. The zero-order valence-corrected chi connectivity index (χ0v) is 11.4. The number of hydrogen-bond acceptors (Lipinski definition) is 5. The summed E-state index contributed by atoms with van der Waals surface area (Å²) < 4.78 is 10.4. The van der Waals surface area contributed by atoms with E-state index in [4.69, 9.17) is 15.2 Å². The predicted molar refractivity (Wildman–Crippen MR) is 70.3 cm³/mol. The van der Waals surface area contributed by atoms with Gasteiger partial charge in [-0.1, -0.05) is 6.42 Å². The number of hydrogen-bond donors (Lipinski definition) is 1. The van der Waals surface area contributed by atoms with Crippen molar-refractivity contribution in [2.24, 2.45) is 5.73 Å². The molecule has 1 unspecified atom stereocenters. The van der Waals surface area contributed by atoms with Crippen molar-refractivity contribution in [3.63, 3.8) is 0 Å². The summed E-state index contributed by atoms with van der Waals surface area (Å²) in [7, 11) is 0. The number of nitrogens with zero attached hydrogens (tertiary/aromatic N) is 1. The van der Waals surface area contributed by atoms with Gasteiger partial charge in [0.05, 0.1) is 19.3 Å². The van der Waals surface area contributed by atoms with Gasteiger partial charge in [-0.05, 0) is 26.3 Å². The maximum Gasteiger partial charge on any atom is 0.305 e. The van der Waals surface area contributed by atoms with Gasteiger partial charge in [0.1, 0.15) is 0 Å². The molecule has 0 aromatic rings. The first-order valence-electron chi connectivity index (χ1n) is 6.96. The van der Waals surface area contributed by atoms with Crippen LogP contribution in [0.2, 0.25) is 0 Å². The van der Waals surface area contributed by atoms with Crippen LogP contribution in [0.3, 0.4) is 0 Å². The Bertz CT molecular complexity index is 236. The Morgan fingerprint density at radius 1 is 1.44 bits per heavy atom. The van der Waals surface area contributed by atoms with Crippen LogP contribution in [0.1, 0.15) is 32.6 Å². The van der Waals surface area contributed by atoms with E-state index in [2.05, 4.69) is 4.90 Å². The van der Waals surface area contributed by atoms with Crippen LogP contribution in [-0.4, -0.2) is 56.4 Å². The first-order valence-corrected chi connectivity index (χ1v) is 6.96. The van der Waals surface area contributed by atoms with Crippen molar-refractivity contribution in [3.05, 3.63) is 0 Å². The van der Waals surface area contributed by atoms with Crippen LogP contribution in [0.25, 0.3) is 0 Å². The topological polar surface area (TPSA) is 64.8 Å². The van der Waals surface area contributed by atoms with Gasteiger partial charge in [0.15, 0.2) is 0 Å². The fraction of sp³-hybridized carbons (Fsp3) is 0.923. The van der Waals surface area contributed by atoms with Crippen LogP contribution >= 0.6 is 0 Å². The first-order chi connectivity index (χ1) is 8.76. The van der Waals surface area contributed by atoms with Gasteiger partial charge in [-0.2, -0.15) is 0 Å². The van der Waals surface area contributed by atoms with E-state index < -0.39 is 0 Å². The number of carbonyl (C=O) groups is 1. The van der Waals surface area contributed by atoms with Crippen molar-refractivity contribution in [3.8, 4) is 0 Å². The fourth-order valence-corrected chi connectivity index (χ4v) is 2.14. The van der Waals surface area contributed by atoms with Crippen LogP contribution in [0.4, 0.5) is 0 Å². The van der Waals surface area contributed by atoms with Gasteiger partial charge in [0.25, 0.3) is 0 Å². The van der Waals surface area contributed by atoms with Crippen molar-refractivity contribution in [1.82, 2.24) is 4.90 Å². The molecule has 0 saturated carbocycles. The van der Waals surface area contributed by atoms with Gasteiger partial charge >= 0.3 is 5.97 Å². The maximum atomic E-state index is 11.1. The quantitative estimate of drug-likeness (QED) is 0.514. The van der Waals surface area contributed by atoms with Crippen molar-refractivity contribution >= 4 is 5.97 Å². The molecular weight excluding hydrogens is 232 g/mol. The van der Waals surface area contributed by atoms with Crippen LogP contribution in [-0.2, 0) is 14.3 Å². The minimum absolute atomic E-state index is 0.0768. The third-order valence-corrected chi connectivity index (χ3v) is 3.15. The van der Waals surface area contributed by atoms with Gasteiger partial charge < -0.3 is 15.2 Å². The maximum absolute atomic E-state index is 11.1. The molecule has 0 aromatic heterocycles. The van der Waals surface area contributed by atoms with Crippen LogP contribution < -0.4 is 5.73 Å². The summed E-state index contributed by atoms with van der Waals surface area (Å²) in [5, 5.41) is 0. The Balaban J connectivity index is 1.98. The molecule has 1 rings (SSSR count). The molecule has 0 radical (unpaired) electrons. The second-order valence-corrected chi connectivity index (χ2v) is 4.64. The zero-order valence-electron chi connectivity index (χ0n) is 11.4. The molecule has 0 amide bonds. The molecule has 106 valence electrons. The van der Waals surface area contributed by atoms with E-state index in [9.17, 15) is 4.79 Å². The van der Waals surface area contributed by atoms with Crippen molar-refractivity contribution in [1.29, 1.82) is 0 Å². The van der Waals surface area contributed by atoms with E-state index in [1.807, 2.05) is 6.92 Å². The number of morpholine rings is 1. The lowest BCUT2D eigenvalue weighted by molar-refractivity contribution is -0.143. The van der Waals surface area contributed by atoms with Crippen LogP contribution in [0, 0.1) is 0 Å². The number of unbranched alkanes of at least 4 members (excludes halogenated alkanes) is 2. The first kappa shape index (κ1) is 15.4. The molecule has 1 saturated heterocycles. The van der Waals surface area contributed by atoms with Gasteiger partial charge in [-0.3, -0.25) is 9.69 Å². The summed E-state index contributed by atoms with van der Waals surface area (Å²) in [4.78, 5) is 13.5. The minimum atomic E-state index is -0.0768. The molecule has 1 atom stereocenters. The molecular formula is C13H26N2O3. The van der Waals surface area contributed by atoms with Crippen LogP contribution in [0.5, 0.6) is 0 Å². The Kier molecular flexibility index (Phi) is 7.96. The highest BCUT2D eigenvalue weighted by molar-refractivity contribution is 5.69. The molecule has 1 aliphatic rings. The second kappa shape index (κ2) is 9.30. The monoisotopic (exact) mass is 258 g/mol. The number of esters is 1. The molecule has 1 fully saturated rings. The Morgan fingerprint density at radius 2 is 2.28 bits per heavy atom. The lowest BCUT2D eigenvalue weighted by Gasteiger charge is -2.32. The SMILES string of the molecule is CCOC(=O)CCCCCN1CCOC(CN)C1. The Labute approximate surface area is 110 Å². The van der Waals surface area contributed by atoms with E-state index in [0.717, 1.165) is 45.5 Å². The molecule has 1 heterocycles. The van der Waals surface area contributed by atoms with E-state index in [-0.39, 0.29) is 12.1 Å². The van der Waals surface area contributed by atoms with Gasteiger partial charge in [0.2, 0.25) is 0 Å². The summed E-state index contributed by atoms with van der Waals surface area (Å²) in [6.45, 7) is 6.70. The average Bonchev–Trinajstić information content (AvgIpc) is 2.39. The highest BCUT2D eigenvalue weighted by atomic mass is 16.5. The molecule has 0 aliphatic carbocycles. The largest absolute Gasteiger partial charge is 0.466 e.